The SMILES string of the molecule is c1ccc(N2c3ccccc3B3c4cc5c(cc4N(c4ccccc4)c4cccc2c43)N(c2ccccc2)c2ccnc3c2B5c2cncnc2N3c2ccccc2)cc1. The first-order chi connectivity index (χ1) is 29.8. The predicted molar refractivity (Wildman–Crippen MR) is 248 cm³/mol. The van der Waals surface area contributed by atoms with Crippen LogP contribution in [0, 0.1) is 0 Å². The smallest absolute Gasteiger partial charge is 0.258 e. The van der Waals surface area contributed by atoms with Crippen molar-refractivity contribution in [1.29, 1.82) is 0 Å². The highest BCUT2D eigenvalue weighted by atomic mass is 15.3. The van der Waals surface area contributed by atoms with Gasteiger partial charge in [0.2, 0.25) is 0 Å². The third-order valence-electron chi connectivity index (χ3n) is 12.6. The van der Waals surface area contributed by atoms with Crippen LogP contribution in [0.3, 0.4) is 0 Å². The van der Waals surface area contributed by atoms with Gasteiger partial charge in [-0.1, -0.05) is 103 Å². The maximum atomic E-state index is 5.18. The molecule has 0 fully saturated rings. The zero-order chi connectivity index (χ0) is 39.3. The molecule has 6 heterocycles. The molecule has 0 saturated heterocycles. The predicted octanol–water partition coefficient (Wildman–Crippen LogP) is 8.04. The van der Waals surface area contributed by atoms with Crippen LogP contribution in [0.4, 0.5) is 68.5 Å². The van der Waals surface area contributed by atoms with Gasteiger partial charge >= 0.3 is 0 Å². The van der Waals surface area contributed by atoms with E-state index in [-0.39, 0.29) is 13.4 Å². The molecule has 0 unspecified atom stereocenters. The molecule has 0 amide bonds. The lowest BCUT2D eigenvalue weighted by Crippen LogP contribution is -2.65. The van der Waals surface area contributed by atoms with Gasteiger partial charge in [0.15, 0.2) is 0 Å². The summed E-state index contributed by atoms with van der Waals surface area (Å²) in [6.45, 7) is -0.218. The van der Waals surface area contributed by atoms with E-state index in [0.717, 1.165) is 62.4 Å². The fourth-order valence-corrected chi connectivity index (χ4v) is 10.3. The summed E-state index contributed by atoms with van der Waals surface area (Å²) in [5.74, 6) is 1.72. The summed E-state index contributed by atoms with van der Waals surface area (Å²) in [6.07, 6.45) is 5.61. The molecule has 4 aliphatic rings. The molecule has 278 valence electrons. The number of para-hydroxylation sites is 5. The minimum Gasteiger partial charge on any atom is -0.311 e. The number of pyridine rings is 1. The van der Waals surface area contributed by atoms with Crippen molar-refractivity contribution in [3.8, 4) is 0 Å². The number of anilines is 12. The lowest BCUT2D eigenvalue weighted by molar-refractivity contribution is 1.09. The Balaban J connectivity index is 1.14. The summed E-state index contributed by atoms with van der Waals surface area (Å²) in [5, 5.41) is 0. The van der Waals surface area contributed by atoms with E-state index in [1.807, 2.05) is 18.5 Å². The number of nitrogens with zero attached hydrogens (tertiary/aromatic N) is 7. The summed E-state index contributed by atoms with van der Waals surface area (Å²) >= 11 is 0. The molecule has 0 saturated carbocycles. The largest absolute Gasteiger partial charge is 0.311 e. The molecule has 9 aromatic rings. The highest BCUT2D eigenvalue weighted by Gasteiger charge is 2.48. The van der Waals surface area contributed by atoms with E-state index >= 15 is 0 Å². The standard InChI is InChI=1S/C51H33B2N7/c1-5-16-34(17-6-1)57-42-25-14-13-24-38(42)52-39-30-40-47(31-46(39)58(35-18-7-2-8-19-35)44-27-15-26-43(57)48(44)52)59(36-20-9-3-10-21-36)45-28-29-55-51-49(45)53(40)41-32-54-33-56-50(41)60(51)37-22-11-4-12-23-37/h1-33H. The van der Waals surface area contributed by atoms with E-state index in [9.17, 15) is 0 Å². The Kier molecular flexibility index (Phi) is 7.06. The molecule has 0 spiro atoms. The molecule has 0 bridgehead atoms. The number of aromatic nitrogens is 3. The normalized spacial score (nSPS) is 13.8. The molecule has 13 rings (SSSR count). The van der Waals surface area contributed by atoms with Crippen molar-refractivity contribution in [2.45, 2.75) is 0 Å². The molecule has 0 atom stereocenters. The third kappa shape index (κ3) is 4.60. The summed E-state index contributed by atoms with van der Waals surface area (Å²) in [5.41, 5.74) is 18.4. The quantitative estimate of drug-likeness (QED) is 0.168. The first kappa shape index (κ1) is 33.1. The van der Waals surface area contributed by atoms with E-state index in [4.69, 9.17) is 15.0 Å². The Morgan fingerprint density at radius 1 is 0.333 bits per heavy atom. The molecule has 0 radical (unpaired) electrons. The summed E-state index contributed by atoms with van der Waals surface area (Å²) in [6, 6.07) is 65.7. The maximum Gasteiger partial charge on any atom is 0.258 e. The fraction of sp³-hybridized carbons (Fsp3) is 0. The van der Waals surface area contributed by atoms with Crippen molar-refractivity contribution in [1.82, 2.24) is 15.0 Å². The Morgan fingerprint density at radius 2 is 0.817 bits per heavy atom. The van der Waals surface area contributed by atoms with Gasteiger partial charge in [-0.15, -0.1) is 0 Å². The zero-order valence-electron chi connectivity index (χ0n) is 32.3. The molecule has 4 aliphatic heterocycles. The number of hydrogen-bond acceptors (Lipinski definition) is 7. The first-order valence-corrected chi connectivity index (χ1v) is 20.4. The fourth-order valence-electron chi connectivity index (χ4n) is 10.3. The van der Waals surface area contributed by atoms with Gasteiger partial charge in [0.05, 0.1) is 0 Å². The van der Waals surface area contributed by atoms with Crippen LogP contribution in [0.25, 0.3) is 0 Å². The van der Waals surface area contributed by atoms with Gasteiger partial charge in [0.1, 0.15) is 18.0 Å². The molecule has 7 aromatic carbocycles. The van der Waals surface area contributed by atoms with Gasteiger partial charge < -0.3 is 14.7 Å². The van der Waals surface area contributed by atoms with Crippen LogP contribution in [0.15, 0.2) is 201 Å². The van der Waals surface area contributed by atoms with Crippen LogP contribution in [0.2, 0.25) is 0 Å². The van der Waals surface area contributed by atoms with Crippen LogP contribution < -0.4 is 52.4 Å². The van der Waals surface area contributed by atoms with Crippen molar-refractivity contribution in [3.05, 3.63) is 201 Å². The number of rotatable bonds is 4. The maximum absolute atomic E-state index is 5.18. The summed E-state index contributed by atoms with van der Waals surface area (Å²) in [7, 11) is 0. The number of hydrogen-bond donors (Lipinski definition) is 0. The second kappa shape index (κ2) is 12.8. The van der Waals surface area contributed by atoms with Crippen LogP contribution in [0.5, 0.6) is 0 Å². The second-order valence-electron chi connectivity index (χ2n) is 15.7. The highest BCUT2D eigenvalue weighted by Crippen LogP contribution is 2.47. The van der Waals surface area contributed by atoms with Crippen molar-refractivity contribution in [3.63, 3.8) is 0 Å². The minimum atomic E-state index is -0.179. The van der Waals surface area contributed by atoms with Crippen LogP contribution in [0.1, 0.15) is 0 Å². The molecular weight excluding hydrogens is 732 g/mol. The van der Waals surface area contributed by atoms with Crippen molar-refractivity contribution in [2.24, 2.45) is 0 Å². The Hall–Kier alpha value is -7.90. The number of fused-ring (bicyclic) bond motifs is 8. The highest BCUT2D eigenvalue weighted by molar-refractivity contribution is 7.03. The molecule has 0 aliphatic carbocycles. The van der Waals surface area contributed by atoms with E-state index in [1.165, 1.54) is 38.9 Å². The summed E-state index contributed by atoms with van der Waals surface area (Å²) in [4.78, 5) is 24.5. The second-order valence-corrected chi connectivity index (χ2v) is 15.7. The van der Waals surface area contributed by atoms with E-state index < -0.39 is 0 Å². The lowest BCUT2D eigenvalue weighted by atomic mass is 9.30. The molecule has 9 heteroatoms. The van der Waals surface area contributed by atoms with Crippen molar-refractivity contribution < 1.29 is 0 Å². The minimum absolute atomic E-state index is 0.0385. The lowest BCUT2D eigenvalue weighted by Gasteiger charge is -2.46. The Morgan fingerprint density at radius 3 is 1.42 bits per heavy atom. The number of benzene rings is 7. The van der Waals surface area contributed by atoms with E-state index in [2.05, 4.69) is 196 Å². The van der Waals surface area contributed by atoms with Gasteiger partial charge in [-0.05, 0) is 112 Å². The topological polar surface area (TPSA) is 51.6 Å². The monoisotopic (exact) mass is 765 g/mol. The molecule has 0 N–H and O–H groups in total. The van der Waals surface area contributed by atoms with Crippen molar-refractivity contribution >= 4 is 115 Å². The van der Waals surface area contributed by atoms with Gasteiger partial charge in [-0.2, -0.15) is 0 Å². The van der Waals surface area contributed by atoms with E-state index in [1.54, 1.807) is 6.33 Å². The van der Waals surface area contributed by atoms with Crippen molar-refractivity contribution in [2.75, 3.05) is 19.6 Å². The molecule has 2 aromatic heterocycles. The van der Waals surface area contributed by atoms with Crippen LogP contribution in [-0.4, -0.2) is 28.4 Å². The van der Waals surface area contributed by atoms with Gasteiger partial charge in [-0.3, -0.25) is 4.90 Å². The van der Waals surface area contributed by atoms with Crippen LogP contribution in [-0.2, 0) is 0 Å². The zero-order valence-corrected chi connectivity index (χ0v) is 32.3. The summed E-state index contributed by atoms with van der Waals surface area (Å²) < 4.78 is 0. The molecule has 7 nitrogen and oxygen atoms in total. The van der Waals surface area contributed by atoms with Gasteiger partial charge in [0, 0.05) is 69.3 Å². The average Bonchev–Trinajstić information content (AvgIpc) is 3.32. The van der Waals surface area contributed by atoms with E-state index in [0.29, 0.717) is 0 Å². The van der Waals surface area contributed by atoms with Gasteiger partial charge in [-0.25, -0.2) is 15.0 Å². The molecule has 60 heavy (non-hydrogen) atoms. The average molecular weight is 765 g/mol. The Labute approximate surface area is 348 Å². The Bertz CT molecular complexity index is 2940. The third-order valence-corrected chi connectivity index (χ3v) is 12.6. The van der Waals surface area contributed by atoms with Gasteiger partial charge in [0.25, 0.3) is 13.4 Å². The van der Waals surface area contributed by atoms with Crippen LogP contribution >= 0.6 is 0 Å². The first-order valence-electron chi connectivity index (χ1n) is 20.4. The molecular formula is C51H33B2N7.